The number of aromatic amines is 1. The molecule has 0 bridgehead atoms. The molecule has 2 aliphatic rings. The minimum atomic E-state index is -0.126. The van der Waals surface area contributed by atoms with Gasteiger partial charge in [-0.15, -0.1) is 0 Å². The molecule has 0 amide bonds. The maximum atomic E-state index is 13.3. The van der Waals surface area contributed by atoms with Gasteiger partial charge < -0.3 is 19.4 Å². The molecular weight excluding hydrogens is 412 g/mol. The fraction of sp³-hybridized carbons (Fsp3) is 0.250. The van der Waals surface area contributed by atoms with Gasteiger partial charge in [-0.1, -0.05) is 36.9 Å². The normalized spacial score (nSPS) is 17.9. The van der Waals surface area contributed by atoms with Crippen LogP contribution in [-0.2, 0) is 9.47 Å². The number of pyridine rings is 1. The highest BCUT2D eigenvalue weighted by Gasteiger charge is 2.27. The van der Waals surface area contributed by atoms with Crippen molar-refractivity contribution in [1.29, 1.82) is 0 Å². The van der Waals surface area contributed by atoms with E-state index in [4.69, 9.17) is 9.47 Å². The van der Waals surface area contributed by atoms with Crippen molar-refractivity contribution in [3.63, 3.8) is 0 Å². The van der Waals surface area contributed by atoms with Gasteiger partial charge in [-0.05, 0) is 55.2 Å². The van der Waals surface area contributed by atoms with Crippen LogP contribution in [0.2, 0.25) is 0 Å². The van der Waals surface area contributed by atoms with Crippen molar-refractivity contribution < 1.29 is 9.47 Å². The maximum Gasteiger partial charge on any atom is 0.197 e. The number of benzene rings is 3. The molecule has 33 heavy (non-hydrogen) atoms. The van der Waals surface area contributed by atoms with E-state index in [1.165, 1.54) is 0 Å². The molecule has 4 aromatic rings. The van der Waals surface area contributed by atoms with Crippen LogP contribution in [-0.4, -0.2) is 31.0 Å². The number of hydrogen-bond acceptors (Lipinski definition) is 4. The molecule has 3 aromatic carbocycles. The molecule has 3 heterocycles. The Bertz CT molecular complexity index is 1430. The lowest BCUT2D eigenvalue weighted by molar-refractivity contribution is -0.160. The van der Waals surface area contributed by atoms with E-state index in [1.807, 2.05) is 42.5 Å². The molecule has 1 atom stereocenters. The third-order valence-electron chi connectivity index (χ3n) is 6.71. The number of anilines is 2. The Balaban J connectivity index is 1.45. The van der Waals surface area contributed by atoms with Crippen LogP contribution in [0, 0.1) is 0 Å². The summed E-state index contributed by atoms with van der Waals surface area (Å²) in [7, 11) is 0. The Kier molecular flexibility index (Phi) is 5.01. The molecule has 1 saturated heterocycles. The van der Waals surface area contributed by atoms with E-state index < -0.39 is 0 Å². The fourth-order valence-corrected chi connectivity index (χ4v) is 5.02. The molecule has 2 aliphatic heterocycles. The number of H-pyrrole nitrogens is 1. The summed E-state index contributed by atoms with van der Waals surface area (Å²) >= 11 is 0. The zero-order chi connectivity index (χ0) is 22.4. The second-order valence-corrected chi connectivity index (χ2v) is 8.73. The lowest BCUT2D eigenvalue weighted by Gasteiger charge is -2.35. The molecule has 1 N–H and O–H groups in total. The van der Waals surface area contributed by atoms with Crippen LogP contribution in [0.3, 0.4) is 0 Å². The third kappa shape index (κ3) is 3.45. The Labute approximate surface area is 192 Å². The first-order valence-electron chi connectivity index (χ1n) is 11.6. The van der Waals surface area contributed by atoms with Crippen molar-refractivity contribution in [3.8, 4) is 0 Å². The van der Waals surface area contributed by atoms with Gasteiger partial charge in [-0.3, -0.25) is 4.79 Å². The first-order valence-corrected chi connectivity index (χ1v) is 11.6. The van der Waals surface area contributed by atoms with Crippen LogP contribution in [0.25, 0.3) is 27.4 Å². The zero-order valence-electron chi connectivity index (χ0n) is 18.5. The average Bonchev–Trinajstić information content (AvgIpc) is 2.86. The predicted octanol–water partition coefficient (Wildman–Crippen LogP) is 5.74. The predicted molar refractivity (Wildman–Crippen MR) is 133 cm³/mol. The summed E-state index contributed by atoms with van der Waals surface area (Å²) in [5.74, 6) is 0. The molecule has 1 fully saturated rings. The lowest BCUT2D eigenvalue weighted by atomic mass is 9.90. The van der Waals surface area contributed by atoms with Gasteiger partial charge in [0, 0.05) is 51.9 Å². The second kappa shape index (κ2) is 8.18. The summed E-state index contributed by atoms with van der Waals surface area (Å²) in [5, 5.41) is 1.38. The number of nitrogens with one attached hydrogen (secondary N) is 1. The van der Waals surface area contributed by atoms with E-state index in [1.54, 1.807) is 0 Å². The number of nitrogens with zero attached hydrogens (tertiary/aromatic N) is 1. The van der Waals surface area contributed by atoms with Gasteiger partial charge in [0.25, 0.3) is 0 Å². The molecule has 166 valence electrons. The van der Waals surface area contributed by atoms with Gasteiger partial charge in [0.05, 0.1) is 12.1 Å². The van der Waals surface area contributed by atoms with Crippen LogP contribution in [0.4, 0.5) is 11.4 Å². The monoisotopic (exact) mass is 438 g/mol. The van der Waals surface area contributed by atoms with Crippen molar-refractivity contribution in [2.75, 3.05) is 24.7 Å². The van der Waals surface area contributed by atoms with Crippen LogP contribution < -0.4 is 10.3 Å². The number of para-hydroxylation sites is 2. The van der Waals surface area contributed by atoms with Gasteiger partial charge in [0.2, 0.25) is 0 Å². The second-order valence-electron chi connectivity index (χ2n) is 8.73. The lowest BCUT2D eigenvalue weighted by Crippen LogP contribution is -2.30. The number of hydrogen-bond donors (Lipinski definition) is 1. The van der Waals surface area contributed by atoms with Crippen LogP contribution in [0.15, 0.2) is 72.0 Å². The van der Waals surface area contributed by atoms with Gasteiger partial charge in [0.15, 0.2) is 11.7 Å². The Morgan fingerprint density at radius 3 is 2.70 bits per heavy atom. The third-order valence-corrected chi connectivity index (χ3v) is 6.71. The van der Waals surface area contributed by atoms with E-state index in [-0.39, 0.29) is 11.7 Å². The Hall–Kier alpha value is -3.41. The molecule has 0 spiro atoms. The number of ether oxygens (including phenoxy) is 2. The van der Waals surface area contributed by atoms with Crippen molar-refractivity contribution in [2.45, 2.75) is 25.6 Å². The Morgan fingerprint density at radius 2 is 1.82 bits per heavy atom. The molecule has 6 rings (SSSR count). The zero-order valence-corrected chi connectivity index (χ0v) is 18.5. The highest BCUT2D eigenvalue weighted by Crippen LogP contribution is 2.45. The maximum absolute atomic E-state index is 13.3. The fourth-order valence-electron chi connectivity index (χ4n) is 5.02. The first-order chi connectivity index (χ1) is 16.2. The highest BCUT2D eigenvalue weighted by atomic mass is 16.7. The number of fused-ring (bicyclic) bond motifs is 4. The van der Waals surface area contributed by atoms with Gasteiger partial charge in [0.1, 0.15) is 0 Å². The van der Waals surface area contributed by atoms with Crippen molar-refractivity contribution >= 4 is 38.8 Å². The molecule has 1 unspecified atom stereocenters. The molecule has 5 nitrogen and oxygen atoms in total. The van der Waals surface area contributed by atoms with Crippen molar-refractivity contribution in [3.05, 3.63) is 88.6 Å². The smallest absolute Gasteiger partial charge is 0.197 e. The molecule has 1 aromatic heterocycles. The van der Waals surface area contributed by atoms with Crippen LogP contribution >= 0.6 is 0 Å². The Morgan fingerprint density at radius 1 is 0.970 bits per heavy atom. The van der Waals surface area contributed by atoms with E-state index in [2.05, 4.69) is 34.7 Å². The van der Waals surface area contributed by atoms with E-state index in [0.29, 0.717) is 23.9 Å². The first kappa shape index (κ1) is 20.2. The summed E-state index contributed by atoms with van der Waals surface area (Å²) in [4.78, 5) is 19.0. The van der Waals surface area contributed by atoms with Crippen molar-refractivity contribution in [1.82, 2.24) is 4.98 Å². The van der Waals surface area contributed by atoms with E-state index in [9.17, 15) is 4.79 Å². The summed E-state index contributed by atoms with van der Waals surface area (Å²) in [5.41, 5.74) is 6.87. The van der Waals surface area contributed by atoms with Crippen molar-refractivity contribution in [2.24, 2.45) is 0 Å². The molecule has 0 radical (unpaired) electrons. The van der Waals surface area contributed by atoms with Crippen LogP contribution in [0.1, 0.15) is 30.4 Å². The summed E-state index contributed by atoms with van der Waals surface area (Å²) < 4.78 is 11.8. The molecule has 5 heteroatoms. The number of aromatic nitrogens is 1. The minimum absolute atomic E-state index is 0.0402. The topological polar surface area (TPSA) is 54.6 Å². The van der Waals surface area contributed by atoms with E-state index in [0.717, 1.165) is 65.0 Å². The summed E-state index contributed by atoms with van der Waals surface area (Å²) in [6.45, 7) is 6.37. The average molecular weight is 439 g/mol. The molecule has 0 saturated carbocycles. The van der Waals surface area contributed by atoms with Gasteiger partial charge >= 0.3 is 0 Å². The largest absolute Gasteiger partial charge is 0.354 e. The van der Waals surface area contributed by atoms with Crippen LogP contribution in [0.5, 0.6) is 0 Å². The standard InChI is InChI=1S/C28H26N2O3/c1-18-19-8-3-5-11-25(19)30(13-15-33-27-12-6-7-14-32-27)26-17-22-24(16-21(18)26)29-23-10-4-2-9-20(23)28(22)31/h2-5,8-11,16-17,27H,1,6-7,12-15H2,(H,29,31). The number of rotatable bonds is 4. The summed E-state index contributed by atoms with van der Waals surface area (Å²) in [6.07, 6.45) is 3.06. The summed E-state index contributed by atoms with van der Waals surface area (Å²) in [6, 6.07) is 20.0. The SMILES string of the molecule is C=C1c2ccccc2N(CCOC2CCCCO2)c2cc3c(=O)c4ccccc4[nH]c3cc21. The van der Waals surface area contributed by atoms with E-state index >= 15 is 0 Å². The minimum Gasteiger partial charge on any atom is -0.354 e. The molecular formula is C28H26N2O3. The molecule has 0 aliphatic carbocycles. The quantitative estimate of drug-likeness (QED) is 0.413. The van der Waals surface area contributed by atoms with Gasteiger partial charge in [-0.25, -0.2) is 0 Å². The van der Waals surface area contributed by atoms with Gasteiger partial charge in [-0.2, -0.15) is 0 Å². The highest BCUT2D eigenvalue weighted by molar-refractivity contribution is 6.03.